The van der Waals surface area contributed by atoms with Crippen LogP contribution >= 0.6 is 35.0 Å². The first-order valence-electron chi connectivity index (χ1n) is 11.3. The molecule has 0 saturated carbocycles. The van der Waals surface area contributed by atoms with Crippen LogP contribution in [-0.2, 0) is 24.3 Å². The van der Waals surface area contributed by atoms with Gasteiger partial charge in [-0.15, -0.1) is 0 Å². The molecule has 3 aromatic carbocycles. The topological polar surface area (TPSA) is 42.3 Å². The van der Waals surface area contributed by atoms with Gasteiger partial charge in [-0.1, -0.05) is 84.7 Å². The van der Waals surface area contributed by atoms with Crippen LogP contribution in [0.4, 0.5) is 4.79 Å². The summed E-state index contributed by atoms with van der Waals surface area (Å²) in [5.74, 6) is -0.318. The molecule has 1 saturated heterocycles. The highest BCUT2D eigenvalue weighted by Gasteiger charge is 2.35. The fourth-order valence-electron chi connectivity index (χ4n) is 4.37. The molecule has 35 heavy (non-hydrogen) atoms. The van der Waals surface area contributed by atoms with Crippen LogP contribution in [0.1, 0.15) is 29.2 Å². The number of thioether (sulfide) groups is 1. The average molecular weight is 521 g/mol. The second kappa shape index (κ2) is 9.94. The third kappa shape index (κ3) is 4.76. The highest BCUT2D eigenvalue weighted by Crippen LogP contribution is 2.36. The number of halogens is 2. The Morgan fingerprint density at radius 1 is 0.914 bits per heavy atom. The monoisotopic (exact) mass is 520 g/mol. The molecule has 1 aliphatic heterocycles. The second-order valence-corrected chi connectivity index (χ2v) is 10.2. The van der Waals surface area contributed by atoms with Crippen LogP contribution in [0.2, 0.25) is 10.0 Å². The lowest BCUT2D eigenvalue weighted by Gasteiger charge is -2.13. The lowest BCUT2D eigenvalue weighted by molar-refractivity contribution is -0.123. The van der Waals surface area contributed by atoms with Crippen LogP contribution in [0.3, 0.4) is 0 Å². The fourth-order valence-corrected chi connectivity index (χ4v) is 5.67. The second-order valence-electron chi connectivity index (χ2n) is 8.37. The van der Waals surface area contributed by atoms with Crippen LogP contribution in [0, 0.1) is 0 Å². The maximum absolute atomic E-state index is 13.2. The van der Waals surface area contributed by atoms with Gasteiger partial charge >= 0.3 is 0 Å². The molecule has 176 valence electrons. The minimum atomic E-state index is -0.318. The molecular formula is C28H22Cl2N2O2S. The molecule has 1 aromatic heterocycles. The van der Waals surface area contributed by atoms with Crippen molar-refractivity contribution in [3.8, 4) is 0 Å². The molecule has 0 spiro atoms. The van der Waals surface area contributed by atoms with Crippen molar-refractivity contribution >= 4 is 63.1 Å². The van der Waals surface area contributed by atoms with Crippen molar-refractivity contribution in [3.63, 3.8) is 0 Å². The van der Waals surface area contributed by atoms with Gasteiger partial charge in [-0.3, -0.25) is 14.5 Å². The Bertz CT molecular complexity index is 1480. The normalized spacial score (nSPS) is 15.1. The molecule has 2 heterocycles. The quantitative estimate of drug-likeness (QED) is 0.243. The Morgan fingerprint density at radius 3 is 2.46 bits per heavy atom. The van der Waals surface area contributed by atoms with Crippen molar-refractivity contribution in [3.05, 3.63) is 110 Å². The molecule has 1 fully saturated rings. The van der Waals surface area contributed by atoms with E-state index in [1.54, 1.807) is 18.2 Å². The summed E-state index contributed by atoms with van der Waals surface area (Å²) in [7, 11) is 0. The van der Waals surface area contributed by atoms with Gasteiger partial charge in [0.1, 0.15) is 0 Å². The van der Waals surface area contributed by atoms with Crippen LogP contribution in [0.25, 0.3) is 17.0 Å². The Labute approximate surface area is 218 Å². The number of rotatable bonds is 6. The molecule has 0 atom stereocenters. The summed E-state index contributed by atoms with van der Waals surface area (Å²) < 4.78 is 2.23. The highest BCUT2D eigenvalue weighted by molar-refractivity contribution is 8.18. The van der Waals surface area contributed by atoms with Crippen molar-refractivity contribution in [2.45, 2.75) is 26.4 Å². The van der Waals surface area contributed by atoms with Crippen LogP contribution in [-0.4, -0.2) is 20.6 Å². The molecule has 0 bridgehead atoms. The Hall–Kier alpha value is -2.99. The van der Waals surface area contributed by atoms with E-state index in [1.165, 1.54) is 16.0 Å². The largest absolute Gasteiger partial charge is 0.342 e. The first-order valence-corrected chi connectivity index (χ1v) is 12.9. The van der Waals surface area contributed by atoms with E-state index < -0.39 is 0 Å². The number of nitrogens with zero attached hydrogens (tertiary/aromatic N) is 2. The number of carbonyl (C=O) groups is 2. The standard InChI is InChI=1S/C28H22Cl2N2O2S/c1-2-19-9-6-10-23-21(16-31(26(19)23)15-18-7-4-3-5-8-18)13-25-27(33)32(28(34)35-25)17-20-11-12-22(29)14-24(20)30/h3-14,16H,2,15,17H2,1H3/b25-13-. The number of carbonyl (C=O) groups excluding carboxylic acids is 2. The van der Waals surface area contributed by atoms with E-state index in [0.29, 0.717) is 20.5 Å². The van der Waals surface area contributed by atoms with Gasteiger partial charge in [0.15, 0.2) is 0 Å². The fraction of sp³-hybridized carbons (Fsp3) is 0.143. The van der Waals surface area contributed by atoms with Crippen molar-refractivity contribution in [2.75, 3.05) is 0 Å². The molecule has 4 nitrogen and oxygen atoms in total. The van der Waals surface area contributed by atoms with E-state index in [2.05, 4.69) is 42.0 Å². The van der Waals surface area contributed by atoms with E-state index in [4.69, 9.17) is 23.2 Å². The van der Waals surface area contributed by atoms with E-state index >= 15 is 0 Å². The molecule has 0 unspecified atom stereocenters. The maximum Gasteiger partial charge on any atom is 0.293 e. The summed E-state index contributed by atoms with van der Waals surface area (Å²) in [5.41, 5.74) is 5.18. The lowest BCUT2D eigenvalue weighted by Crippen LogP contribution is -2.27. The number of aromatic nitrogens is 1. The van der Waals surface area contributed by atoms with Gasteiger partial charge in [-0.25, -0.2) is 0 Å². The predicted octanol–water partition coefficient (Wildman–Crippen LogP) is 7.80. The number of amides is 2. The number of benzene rings is 3. The zero-order chi connectivity index (χ0) is 24.5. The van der Waals surface area contributed by atoms with Crippen LogP contribution < -0.4 is 0 Å². The summed E-state index contributed by atoms with van der Waals surface area (Å²) in [6.45, 7) is 2.97. The Kier molecular flexibility index (Phi) is 6.74. The Balaban J connectivity index is 1.51. The molecule has 0 N–H and O–H groups in total. The SMILES string of the molecule is CCc1cccc2c(/C=C3\SC(=O)N(Cc4ccc(Cl)cc4Cl)C3=O)cn(Cc3ccccc3)c12. The van der Waals surface area contributed by atoms with Crippen molar-refractivity contribution < 1.29 is 9.59 Å². The van der Waals surface area contributed by atoms with E-state index in [1.807, 2.05) is 30.3 Å². The molecular weight excluding hydrogens is 499 g/mol. The molecule has 5 rings (SSSR count). The third-order valence-electron chi connectivity index (χ3n) is 6.09. The summed E-state index contributed by atoms with van der Waals surface area (Å²) >= 11 is 13.2. The van der Waals surface area contributed by atoms with Gasteiger partial charge in [-0.05, 0) is 53.1 Å². The van der Waals surface area contributed by atoms with Gasteiger partial charge < -0.3 is 4.57 Å². The lowest BCUT2D eigenvalue weighted by atomic mass is 10.1. The summed E-state index contributed by atoms with van der Waals surface area (Å²) in [4.78, 5) is 27.6. The van der Waals surface area contributed by atoms with Crippen LogP contribution in [0.5, 0.6) is 0 Å². The molecule has 1 aliphatic rings. The number of hydrogen-bond donors (Lipinski definition) is 0. The number of para-hydroxylation sites is 1. The van der Waals surface area contributed by atoms with Gasteiger partial charge in [0.2, 0.25) is 0 Å². The Morgan fingerprint density at radius 2 is 1.71 bits per heavy atom. The third-order valence-corrected chi connectivity index (χ3v) is 7.59. The minimum Gasteiger partial charge on any atom is -0.342 e. The van der Waals surface area contributed by atoms with Gasteiger partial charge in [0, 0.05) is 33.7 Å². The molecule has 4 aromatic rings. The molecule has 2 amide bonds. The maximum atomic E-state index is 13.2. The zero-order valence-corrected chi connectivity index (χ0v) is 21.3. The molecule has 0 radical (unpaired) electrons. The van der Waals surface area contributed by atoms with Crippen molar-refractivity contribution in [2.24, 2.45) is 0 Å². The van der Waals surface area contributed by atoms with Crippen molar-refractivity contribution in [1.82, 2.24) is 9.47 Å². The zero-order valence-electron chi connectivity index (χ0n) is 19.0. The summed E-state index contributed by atoms with van der Waals surface area (Å²) in [5, 5.41) is 1.69. The number of hydrogen-bond acceptors (Lipinski definition) is 3. The van der Waals surface area contributed by atoms with Gasteiger partial charge in [-0.2, -0.15) is 0 Å². The minimum absolute atomic E-state index is 0.105. The van der Waals surface area contributed by atoms with E-state index in [-0.39, 0.29) is 17.7 Å². The first kappa shape index (κ1) is 23.7. The predicted molar refractivity (Wildman–Crippen MR) is 145 cm³/mol. The van der Waals surface area contributed by atoms with Gasteiger partial charge in [0.05, 0.1) is 17.0 Å². The average Bonchev–Trinajstić information content (AvgIpc) is 3.33. The van der Waals surface area contributed by atoms with E-state index in [9.17, 15) is 9.59 Å². The number of aryl methyl sites for hydroxylation is 1. The van der Waals surface area contributed by atoms with Crippen molar-refractivity contribution in [1.29, 1.82) is 0 Å². The highest BCUT2D eigenvalue weighted by atomic mass is 35.5. The molecule has 0 aliphatic carbocycles. The summed E-state index contributed by atoms with van der Waals surface area (Å²) in [6, 6.07) is 21.6. The number of fused-ring (bicyclic) bond motifs is 1. The van der Waals surface area contributed by atoms with Gasteiger partial charge in [0.25, 0.3) is 11.1 Å². The first-order chi connectivity index (χ1) is 16.9. The molecule has 7 heteroatoms. The van der Waals surface area contributed by atoms with Crippen LogP contribution in [0.15, 0.2) is 77.8 Å². The number of imide groups is 1. The summed E-state index contributed by atoms with van der Waals surface area (Å²) in [6.07, 6.45) is 4.80. The smallest absolute Gasteiger partial charge is 0.293 e. The van der Waals surface area contributed by atoms with E-state index in [0.717, 1.165) is 41.2 Å².